The summed E-state index contributed by atoms with van der Waals surface area (Å²) in [6.45, 7) is 4.68. The zero-order valence-corrected chi connectivity index (χ0v) is 21.4. The maximum Gasteiger partial charge on any atom is 0.343 e. The number of aliphatic hydroxyl groups excluding tert-OH is 1. The van der Waals surface area contributed by atoms with Gasteiger partial charge in [0.25, 0.3) is 5.56 Å². The van der Waals surface area contributed by atoms with Gasteiger partial charge in [-0.3, -0.25) is 9.59 Å². The van der Waals surface area contributed by atoms with Crippen LogP contribution in [0.15, 0.2) is 16.9 Å². The van der Waals surface area contributed by atoms with Gasteiger partial charge in [-0.2, -0.15) is 0 Å². The SMILES string of the molecule is CC[C@@]1(O)C(=O)OCc2c1cc1n(c2=O)Cc2c-1nc1cc(F)c(C)c3c1c2[C@@H](N(CCO)C(C)=O)CC3. The highest BCUT2D eigenvalue weighted by Crippen LogP contribution is 2.47. The Hall–Kier alpha value is -3.63. The third-order valence-corrected chi connectivity index (χ3v) is 8.47. The van der Waals surface area contributed by atoms with E-state index in [0.717, 1.165) is 22.1 Å². The molecule has 3 aliphatic rings. The molecule has 4 heterocycles. The van der Waals surface area contributed by atoms with Crippen molar-refractivity contribution >= 4 is 22.8 Å². The standard InChI is InChI=1S/C28H28FN3O6/c1-4-28(37)18-9-22-25-16(11-32(22)26(35)17(18)12-38-27(28)36)24-21(31(7-8-33)14(3)34)6-5-15-13(2)19(29)10-20(30-25)23(15)24/h9-10,21,33,37H,4-8,11-12H2,1-3H3/t21-,28-/m0/s1. The number of fused-ring (bicyclic) bond motifs is 5. The van der Waals surface area contributed by atoms with Gasteiger partial charge in [0.2, 0.25) is 5.91 Å². The minimum Gasteiger partial charge on any atom is -0.458 e. The van der Waals surface area contributed by atoms with Crippen molar-refractivity contribution < 1.29 is 28.9 Å². The molecule has 0 fully saturated rings. The summed E-state index contributed by atoms with van der Waals surface area (Å²) in [5.74, 6) is -1.39. The van der Waals surface area contributed by atoms with Crippen LogP contribution in [0.3, 0.4) is 0 Å². The molecule has 0 saturated heterocycles. The highest BCUT2D eigenvalue weighted by Gasteiger charge is 2.46. The Morgan fingerprint density at radius 1 is 1.29 bits per heavy atom. The van der Waals surface area contributed by atoms with Crippen LogP contribution in [0, 0.1) is 12.7 Å². The van der Waals surface area contributed by atoms with Crippen LogP contribution in [0.2, 0.25) is 0 Å². The van der Waals surface area contributed by atoms with E-state index < -0.39 is 17.6 Å². The molecule has 0 radical (unpaired) electrons. The van der Waals surface area contributed by atoms with Gasteiger partial charge in [0.1, 0.15) is 12.4 Å². The lowest BCUT2D eigenvalue weighted by molar-refractivity contribution is -0.172. The van der Waals surface area contributed by atoms with Gasteiger partial charge in [-0.15, -0.1) is 0 Å². The molecule has 2 N–H and O–H groups in total. The number of aryl methyl sites for hydroxylation is 1. The normalized spacial score (nSPS) is 21.1. The maximum absolute atomic E-state index is 15.0. The first-order chi connectivity index (χ1) is 18.1. The van der Waals surface area contributed by atoms with E-state index in [9.17, 15) is 24.6 Å². The molecule has 2 atom stereocenters. The monoisotopic (exact) mass is 521 g/mol. The molecule has 0 bridgehead atoms. The van der Waals surface area contributed by atoms with Gasteiger partial charge >= 0.3 is 5.97 Å². The van der Waals surface area contributed by atoms with E-state index in [1.807, 2.05) is 0 Å². The molecule has 1 aliphatic carbocycles. The first-order valence-electron chi connectivity index (χ1n) is 12.8. The van der Waals surface area contributed by atoms with Gasteiger partial charge in [-0.05, 0) is 48.9 Å². The first-order valence-corrected chi connectivity index (χ1v) is 12.8. The molecule has 0 unspecified atom stereocenters. The van der Waals surface area contributed by atoms with Crippen molar-refractivity contribution in [2.24, 2.45) is 0 Å². The topological polar surface area (TPSA) is 122 Å². The third kappa shape index (κ3) is 3.16. The minimum absolute atomic E-state index is 0.0234. The molecule has 1 aromatic carbocycles. The number of benzene rings is 1. The highest BCUT2D eigenvalue weighted by molar-refractivity contribution is 5.93. The number of hydrogen-bond acceptors (Lipinski definition) is 7. The van der Waals surface area contributed by atoms with Crippen LogP contribution >= 0.6 is 0 Å². The van der Waals surface area contributed by atoms with Crippen LogP contribution in [-0.4, -0.2) is 49.7 Å². The van der Waals surface area contributed by atoms with E-state index >= 15 is 4.39 Å². The van der Waals surface area contributed by atoms with Gasteiger partial charge in [0.05, 0.1) is 41.7 Å². The number of amides is 1. The van der Waals surface area contributed by atoms with Crippen LogP contribution in [0.25, 0.3) is 22.3 Å². The van der Waals surface area contributed by atoms with Crippen molar-refractivity contribution in [3.8, 4) is 11.4 Å². The zero-order chi connectivity index (χ0) is 27.1. The Bertz CT molecular complexity index is 1630. The second-order valence-corrected chi connectivity index (χ2v) is 10.3. The summed E-state index contributed by atoms with van der Waals surface area (Å²) in [7, 11) is 0. The molecule has 10 heteroatoms. The number of pyridine rings is 2. The Morgan fingerprint density at radius 2 is 2.05 bits per heavy atom. The fourth-order valence-corrected chi connectivity index (χ4v) is 6.48. The fraction of sp³-hybridized carbons (Fsp3) is 0.429. The average molecular weight is 522 g/mol. The van der Waals surface area contributed by atoms with Crippen molar-refractivity contribution in [2.45, 2.75) is 64.8 Å². The molecule has 9 nitrogen and oxygen atoms in total. The number of cyclic esters (lactones) is 1. The fourth-order valence-electron chi connectivity index (χ4n) is 6.48. The molecule has 2 aliphatic heterocycles. The minimum atomic E-state index is -1.96. The lowest BCUT2D eigenvalue weighted by atomic mass is 9.81. The molecule has 0 saturated carbocycles. The van der Waals surface area contributed by atoms with Gasteiger partial charge in [-0.1, -0.05) is 6.92 Å². The van der Waals surface area contributed by atoms with Crippen LogP contribution in [0.1, 0.15) is 66.1 Å². The Kier molecular flexibility index (Phi) is 5.48. The zero-order valence-electron chi connectivity index (χ0n) is 21.4. The van der Waals surface area contributed by atoms with Crippen molar-refractivity contribution in [3.63, 3.8) is 0 Å². The number of ether oxygens (including phenoxy) is 1. The summed E-state index contributed by atoms with van der Waals surface area (Å²) in [6.07, 6.45) is 1.09. The van der Waals surface area contributed by atoms with Crippen molar-refractivity contribution in [1.29, 1.82) is 0 Å². The quantitative estimate of drug-likeness (QED) is 0.396. The average Bonchev–Trinajstić information content (AvgIpc) is 3.27. The third-order valence-electron chi connectivity index (χ3n) is 8.47. The van der Waals surface area contributed by atoms with E-state index in [2.05, 4.69) is 0 Å². The van der Waals surface area contributed by atoms with E-state index in [-0.39, 0.29) is 61.1 Å². The molecule has 6 rings (SSSR count). The number of hydrogen-bond donors (Lipinski definition) is 2. The summed E-state index contributed by atoms with van der Waals surface area (Å²) in [5.41, 5.74) is 2.27. The van der Waals surface area contributed by atoms with E-state index in [0.29, 0.717) is 35.3 Å². The predicted octanol–water partition coefficient (Wildman–Crippen LogP) is 2.36. The van der Waals surface area contributed by atoms with Crippen LogP contribution in [0.5, 0.6) is 0 Å². The second kappa shape index (κ2) is 8.44. The van der Waals surface area contributed by atoms with Gasteiger partial charge < -0.3 is 24.4 Å². The maximum atomic E-state index is 15.0. The summed E-state index contributed by atoms with van der Waals surface area (Å²) in [5, 5.41) is 21.6. The second-order valence-electron chi connectivity index (χ2n) is 10.3. The van der Waals surface area contributed by atoms with Crippen LogP contribution in [0.4, 0.5) is 4.39 Å². The summed E-state index contributed by atoms with van der Waals surface area (Å²) in [4.78, 5) is 45.3. The Morgan fingerprint density at radius 3 is 2.74 bits per heavy atom. The van der Waals surface area contributed by atoms with E-state index in [4.69, 9.17) is 9.72 Å². The largest absolute Gasteiger partial charge is 0.458 e. The van der Waals surface area contributed by atoms with Gasteiger partial charge in [-0.25, -0.2) is 14.2 Å². The number of rotatable bonds is 4. The molecular formula is C28H28FN3O6. The number of carbonyl (C=O) groups excluding carboxylic acids is 2. The Balaban J connectivity index is 1.68. The summed E-state index contributed by atoms with van der Waals surface area (Å²) >= 11 is 0. The number of carbonyl (C=O) groups is 2. The van der Waals surface area contributed by atoms with Crippen molar-refractivity contribution in [3.05, 3.63) is 61.7 Å². The first kappa shape index (κ1) is 24.7. The number of aromatic nitrogens is 2. The smallest absolute Gasteiger partial charge is 0.343 e. The summed E-state index contributed by atoms with van der Waals surface area (Å²) < 4.78 is 21.7. The molecule has 38 heavy (non-hydrogen) atoms. The van der Waals surface area contributed by atoms with Crippen molar-refractivity contribution in [1.82, 2.24) is 14.5 Å². The molecule has 0 spiro atoms. The lowest BCUT2D eigenvalue weighted by Crippen LogP contribution is -2.44. The highest BCUT2D eigenvalue weighted by atomic mass is 19.1. The number of esters is 1. The van der Waals surface area contributed by atoms with Crippen LogP contribution in [-0.2, 0) is 39.5 Å². The molecule has 1 amide bonds. The lowest BCUT2D eigenvalue weighted by Gasteiger charge is -2.36. The number of halogens is 1. The summed E-state index contributed by atoms with van der Waals surface area (Å²) in [6, 6.07) is 2.61. The molecule has 2 aromatic heterocycles. The van der Waals surface area contributed by atoms with E-state index in [1.165, 1.54) is 13.0 Å². The molecule has 198 valence electrons. The Labute approximate surface area is 217 Å². The number of aliphatic hydroxyl groups is 2. The van der Waals surface area contributed by atoms with E-state index in [1.54, 1.807) is 29.4 Å². The van der Waals surface area contributed by atoms with Crippen LogP contribution < -0.4 is 5.56 Å². The predicted molar refractivity (Wildman–Crippen MR) is 135 cm³/mol. The molecular weight excluding hydrogens is 493 g/mol. The van der Waals surface area contributed by atoms with Gasteiger partial charge in [0, 0.05) is 36.0 Å². The molecule has 3 aromatic rings. The number of nitrogens with zero attached hydrogens (tertiary/aromatic N) is 3. The van der Waals surface area contributed by atoms with Crippen molar-refractivity contribution in [2.75, 3.05) is 13.2 Å². The van der Waals surface area contributed by atoms with Gasteiger partial charge in [0.15, 0.2) is 5.60 Å².